The number of aliphatic hydroxyl groups is 1. The van der Waals surface area contributed by atoms with Gasteiger partial charge in [0.1, 0.15) is 12.2 Å². The third-order valence-electron chi connectivity index (χ3n) is 2.37. The van der Waals surface area contributed by atoms with Crippen LogP contribution in [-0.4, -0.2) is 35.6 Å². The topological polar surface area (TPSA) is 38.7 Å². The number of rotatable bonds is 4. The number of hydrogen-bond acceptors (Lipinski definition) is 3. The van der Waals surface area contributed by atoms with E-state index < -0.39 is 11.7 Å². The molecule has 0 aromatic heterocycles. The molecule has 1 rings (SSSR count). The van der Waals surface area contributed by atoms with Crippen LogP contribution in [0.1, 0.15) is 27.2 Å². The van der Waals surface area contributed by atoms with Gasteiger partial charge in [-0.3, -0.25) is 0 Å². The number of ether oxygens (including phenoxy) is 2. The fourth-order valence-electron chi connectivity index (χ4n) is 1.56. The summed E-state index contributed by atoms with van der Waals surface area (Å²) in [7, 11) is 0. The van der Waals surface area contributed by atoms with E-state index in [1.807, 2.05) is 26.8 Å². The predicted molar refractivity (Wildman–Crippen MR) is 63.0 cm³/mol. The van der Waals surface area contributed by atoms with E-state index in [1.54, 1.807) is 6.08 Å². The van der Waals surface area contributed by atoms with Crippen molar-refractivity contribution in [3.63, 3.8) is 0 Å². The van der Waals surface area contributed by atoms with Crippen molar-refractivity contribution in [2.75, 3.05) is 13.2 Å². The first-order chi connectivity index (χ1) is 7.37. The number of terminal acetylenes is 1. The molecule has 1 aliphatic carbocycles. The molecule has 0 amide bonds. The molecule has 1 aliphatic rings. The van der Waals surface area contributed by atoms with E-state index in [4.69, 9.17) is 15.9 Å². The molecule has 16 heavy (non-hydrogen) atoms. The SMILES string of the molecule is C#CCO[C@]1(COC(C)(C)C)C=C[C@H](O)C1. The second-order valence-corrected chi connectivity index (χ2v) is 5.09. The molecule has 3 nitrogen and oxygen atoms in total. The van der Waals surface area contributed by atoms with Gasteiger partial charge < -0.3 is 14.6 Å². The molecular formula is C13H20O3. The molecule has 2 atom stereocenters. The van der Waals surface area contributed by atoms with Crippen LogP contribution >= 0.6 is 0 Å². The lowest BCUT2D eigenvalue weighted by molar-refractivity contribution is -0.107. The van der Waals surface area contributed by atoms with Crippen LogP contribution in [-0.2, 0) is 9.47 Å². The minimum atomic E-state index is -0.570. The molecule has 90 valence electrons. The Labute approximate surface area is 97.4 Å². The molecule has 1 N–H and O–H groups in total. The molecule has 0 unspecified atom stereocenters. The van der Waals surface area contributed by atoms with E-state index in [0.29, 0.717) is 13.0 Å². The largest absolute Gasteiger partial charge is 0.389 e. The molecule has 0 spiro atoms. The van der Waals surface area contributed by atoms with Crippen molar-refractivity contribution in [3.05, 3.63) is 12.2 Å². The standard InChI is InChI=1S/C13H20O3/c1-5-8-15-13(7-6-11(14)9-13)10-16-12(2,3)4/h1,6-7,11,14H,8-10H2,2-4H3/t11-,13+/m0/s1. The molecule has 0 radical (unpaired) electrons. The monoisotopic (exact) mass is 224 g/mol. The highest BCUT2D eigenvalue weighted by Gasteiger charge is 2.36. The Balaban J connectivity index is 2.59. The molecule has 0 saturated carbocycles. The summed E-state index contributed by atoms with van der Waals surface area (Å²) in [6.45, 7) is 6.58. The summed E-state index contributed by atoms with van der Waals surface area (Å²) in [4.78, 5) is 0. The highest BCUT2D eigenvalue weighted by molar-refractivity contribution is 5.14. The van der Waals surface area contributed by atoms with E-state index in [1.165, 1.54) is 0 Å². The molecule has 0 bridgehead atoms. The van der Waals surface area contributed by atoms with E-state index >= 15 is 0 Å². The maximum absolute atomic E-state index is 9.52. The Bertz CT molecular complexity index is 295. The van der Waals surface area contributed by atoms with Crippen LogP contribution < -0.4 is 0 Å². The molecular weight excluding hydrogens is 204 g/mol. The van der Waals surface area contributed by atoms with Gasteiger partial charge in [-0.05, 0) is 20.8 Å². The quantitative estimate of drug-likeness (QED) is 0.581. The van der Waals surface area contributed by atoms with Crippen molar-refractivity contribution < 1.29 is 14.6 Å². The van der Waals surface area contributed by atoms with Gasteiger partial charge in [-0.25, -0.2) is 0 Å². The van der Waals surface area contributed by atoms with E-state index in [0.717, 1.165) is 0 Å². The van der Waals surface area contributed by atoms with Crippen LogP contribution in [0, 0.1) is 12.3 Å². The highest BCUT2D eigenvalue weighted by Crippen LogP contribution is 2.29. The Morgan fingerprint density at radius 1 is 1.56 bits per heavy atom. The molecule has 0 aromatic rings. The minimum Gasteiger partial charge on any atom is -0.389 e. The van der Waals surface area contributed by atoms with Crippen LogP contribution in [0.4, 0.5) is 0 Å². The Morgan fingerprint density at radius 2 is 2.25 bits per heavy atom. The van der Waals surface area contributed by atoms with E-state index in [-0.39, 0.29) is 12.2 Å². The van der Waals surface area contributed by atoms with Gasteiger partial charge in [0.2, 0.25) is 0 Å². The predicted octanol–water partition coefficient (Wildman–Crippen LogP) is 1.51. The summed E-state index contributed by atoms with van der Waals surface area (Å²) in [5.74, 6) is 2.44. The third kappa shape index (κ3) is 3.97. The van der Waals surface area contributed by atoms with Crippen molar-refractivity contribution in [3.8, 4) is 12.3 Å². The van der Waals surface area contributed by atoms with Gasteiger partial charge >= 0.3 is 0 Å². The summed E-state index contributed by atoms with van der Waals surface area (Å²) >= 11 is 0. The smallest absolute Gasteiger partial charge is 0.114 e. The first kappa shape index (κ1) is 13.2. The van der Waals surface area contributed by atoms with Crippen molar-refractivity contribution in [2.45, 2.75) is 44.5 Å². The van der Waals surface area contributed by atoms with Gasteiger partial charge in [-0.2, -0.15) is 0 Å². The first-order valence-electron chi connectivity index (χ1n) is 5.46. The van der Waals surface area contributed by atoms with Crippen LogP contribution in [0.15, 0.2) is 12.2 Å². The molecule has 3 heteroatoms. The van der Waals surface area contributed by atoms with Crippen LogP contribution in [0.2, 0.25) is 0 Å². The van der Waals surface area contributed by atoms with Crippen molar-refractivity contribution >= 4 is 0 Å². The zero-order chi connectivity index (χ0) is 12.2. The average Bonchev–Trinajstić information content (AvgIpc) is 2.54. The van der Waals surface area contributed by atoms with Gasteiger partial charge in [0.05, 0.1) is 18.3 Å². The summed E-state index contributed by atoms with van der Waals surface area (Å²) in [5, 5.41) is 9.52. The fraction of sp³-hybridized carbons (Fsp3) is 0.692. The fourth-order valence-corrected chi connectivity index (χ4v) is 1.56. The molecule has 0 heterocycles. The number of hydrogen-bond donors (Lipinski definition) is 1. The van der Waals surface area contributed by atoms with Gasteiger partial charge in [0.15, 0.2) is 0 Å². The second-order valence-electron chi connectivity index (χ2n) is 5.09. The van der Waals surface area contributed by atoms with Gasteiger partial charge in [0.25, 0.3) is 0 Å². The Hall–Kier alpha value is -0.820. The van der Waals surface area contributed by atoms with Crippen molar-refractivity contribution in [1.82, 2.24) is 0 Å². The van der Waals surface area contributed by atoms with E-state index in [2.05, 4.69) is 5.92 Å². The lowest BCUT2D eigenvalue weighted by Gasteiger charge is -2.31. The summed E-state index contributed by atoms with van der Waals surface area (Å²) < 4.78 is 11.3. The van der Waals surface area contributed by atoms with Crippen molar-refractivity contribution in [1.29, 1.82) is 0 Å². The lowest BCUT2D eigenvalue weighted by atomic mass is 10.0. The summed E-state index contributed by atoms with van der Waals surface area (Å²) in [6.07, 6.45) is 8.79. The maximum Gasteiger partial charge on any atom is 0.114 e. The van der Waals surface area contributed by atoms with E-state index in [9.17, 15) is 5.11 Å². The second kappa shape index (κ2) is 5.01. The lowest BCUT2D eigenvalue weighted by Crippen LogP contribution is -2.39. The van der Waals surface area contributed by atoms with Crippen molar-refractivity contribution in [2.24, 2.45) is 0 Å². The Morgan fingerprint density at radius 3 is 2.69 bits per heavy atom. The molecule has 0 aromatic carbocycles. The van der Waals surface area contributed by atoms with Gasteiger partial charge in [-0.15, -0.1) is 6.42 Å². The third-order valence-corrected chi connectivity index (χ3v) is 2.37. The first-order valence-corrected chi connectivity index (χ1v) is 5.46. The molecule has 0 saturated heterocycles. The summed E-state index contributed by atoms with van der Waals surface area (Å²) in [6, 6.07) is 0. The average molecular weight is 224 g/mol. The minimum absolute atomic E-state index is 0.227. The molecule has 0 aliphatic heterocycles. The van der Waals surface area contributed by atoms with Gasteiger partial charge in [-0.1, -0.05) is 18.1 Å². The highest BCUT2D eigenvalue weighted by atomic mass is 16.6. The van der Waals surface area contributed by atoms with Crippen LogP contribution in [0.25, 0.3) is 0 Å². The zero-order valence-corrected chi connectivity index (χ0v) is 10.2. The zero-order valence-electron chi connectivity index (χ0n) is 10.2. The van der Waals surface area contributed by atoms with Crippen LogP contribution in [0.3, 0.4) is 0 Å². The maximum atomic E-state index is 9.52. The van der Waals surface area contributed by atoms with Crippen LogP contribution in [0.5, 0.6) is 0 Å². The Kier molecular flexibility index (Phi) is 4.15. The normalized spacial score (nSPS) is 29.3. The number of aliphatic hydroxyl groups excluding tert-OH is 1. The van der Waals surface area contributed by atoms with Gasteiger partial charge in [0, 0.05) is 6.42 Å². The molecule has 0 fully saturated rings. The summed E-state index contributed by atoms with van der Waals surface area (Å²) in [5.41, 5.74) is -0.799.